The zero-order chi connectivity index (χ0) is 25.4. The number of nitrogens with one attached hydrogen (secondary N) is 2. The summed E-state index contributed by atoms with van der Waals surface area (Å²) in [5, 5.41) is 6.05. The standard InChI is InChI=1S/C30H31N5O2/c1-34-12-14-35(15-13-34)27(36)17-21-5-2-4-20(16-21)7-9-23-18-25-22(19-32-23)8-10-24-28-26(33-29(24)25)6-3-11-31-30(28)37/h2,4-5,7-10,16,18-19,33H,3,6,11-15,17H2,1H3,(H,31,37)/b9-7+. The number of aromatic nitrogens is 2. The van der Waals surface area contributed by atoms with Gasteiger partial charge in [0.05, 0.1) is 23.2 Å². The van der Waals surface area contributed by atoms with Gasteiger partial charge in [-0.05, 0) is 43.2 Å². The summed E-state index contributed by atoms with van der Waals surface area (Å²) in [6.45, 7) is 4.16. The number of pyridine rings is 1. The number of benzene rings is 2. The van der Waals surface area contributed by atoms with Crippen molar-refractivity contribution in [1.29, 1.82) is 0 Å². The van der Waals surface area contributed by atoms with Gasteiger partial charge in [-0.25, -0.2) is 0 Å². The van der Waals surface area contributed by atoms with Gasteiger partial charge in [-0.2, -0.15) is 0 Å². The Hall–Kier alpha value is -3.97. The van der Waals surface area contributed by atoms with Crippen LogP contribution in [0.1, 0.15) is 39.3 Å². The SMILES string of the molecule is CN1CCN(C(=O)Cc2cccc(/C=C/c3cc4c(ccc5c6c([nH]c54)CCCNC6=O)cn3)c2)CC1. The van der Waals surface area contributed by atoms with Crippen LogP contribution in [0.3, 0.4) is 0 Å². The second kappa shape index (κ2) is 9.82. The van der Waals surface area contributed by atoms with E-state index in [1.807, 2.05) is 53.6 Å². The number of nitrogens with zero attached hydrogens (tertiary/aromatic N) is 3. The molecule has 1 fully saturated rings. The van der Waals surface area contributed by atoms with E-state index in [0.29, 0.717) is 13.0 Å². The predicted octanol–water partition coefficient (Wildman–Crippen LogP) is 3.88. The minimum Gasteiger partial charge on any atom is -0.357 e. The van der Waals surface area contributed by atoms with Crippen molar-refractivity contribution in [1.82, 2.24) is 25.1 Å². The summed E-state index contributed by atoms with van der Waals surface area (Å²) in [7, 11) is 2.09. The maximum Gasteiger partial charge on any atom is 0.253 e. The van der Waals surface area contributed by atoms with Crippen molar-refractivity contribution in [2.24, 2.45) is 0 Å². The van der Waals surface area contributed by atoms with Crippen LogP contribution in [0.5, 0.6) is 0 Å². The molecule has 2 amide bonds. The second-order valence-electron chi connectivity index (χ2n) is 10.1. The zero-order valence-corrected chi connectivity index (χ0v) is 21.1. The number of hydrogen-bond acceptors (Lipinski definition) is 4. The van der Waals surface area contributed by atoms with Gasteiger partial charge in [0.25, 0.3) is 5.91 Å². The third-order valence-electron chi connectivity index (χ3n) is 7.50. The molecular formula is C30H31N5O2. The highest BCUT2D eigenvalue weighted by atomic mass is 16.2. The number of H-pyrrole nitrogens is 1. The summed E-state index contributed by atoms with van der Waals surface area (Å²) in [6.07, 6.45) is 8.12. The van der Waals surface area contributed by atoms with Gasteiger partial charge in [0.15, 0.2) is 0 Å². The Morgan fingerprint density at radius 1 is 1.05 bits per heavy atom. The number of fused-ring (bicyclic) bond motifs is 5. The van der Waals surface area contributed by atoms with Crippen LogP contribution in [0.4, 0.5) is 0 Å². The van der Waals surface area contributed by atoms with Gasteiger partial charge in [0, 0.05) is 60.8 Å². The fraction of sp³-hybridized carbons (Fsp3) is 0.300. The molecule has 0 radical (unpaired) electrons. The number of aryl methyl sites for hydroxylation is 1. The first-order chi connectivity index (χ1) is 18.0. The number of carbonyl (C=O) groups excluding carboxylic acids is 2. The molecule has 0 saturated carbocycles. The van der Waals surface area contributed by atoms with E-state index in [1.54, 1.807) is 0 Å². The lowest BCUT2D eigenvalue weighted by Crippen LogP contribution is -2.47. The van der Waals surface area contributed by atoms with Crippen molar-refractivity contribution in [2.45, 2.75) is 19.3 Å². The molecular weight excluding hydrogens is 462 g/mol. The number of carbonyl (C=O) groups is 2. The molecule has 0 spiro atoms. The van der Waals surface area contributed by atoms with E-state index < -0.39 is 0 Å². The lowest BCUT2D eigenvalue weighted by molar-refractivity contribution is -0.132. The van der Waals surface area contributed by atoms with Crippen LogP contribution >= 0.6 is 0 Å². The summed E-state index contributed by atoms with van der Waals surface area (Å²) in [5.41, 5.74) is 5.66. The molecule has 0 aliphatic carbocycles. The number of rotatable bonds is 4. The molecule has 0 bridgehead atoms. The highest BCUT2D eigenvalue weighted by molar-refractivity contribution is 6.15. The first kappa shape index (κ1) is 23.4. The Morgan fingerprint density at radius 3 is 2.78 bits per heavy atom. The molecule has 188 valence electrons. The molecule has 7 nitrogen and oxygen atoms in total. The second-order valence-corrected chi connectivity index (χ2v) is 10.1. The maximum atomic E-state index is 12.8. The van der Waals surface area contributed by atoms with Gasteiger partial charge < -0.3 is 20.1 Å². The van der Waals surface area contributed by atoms with Crippen molar-refractivity contribution in [3.63, 3.8) is 0 Å². The van der Waals surface area contributed by atoms with Crippen LogP contribution in [0.2, 0.25) is 0 Å². The Labute approximate surface area is 216 Å². The molecule has 2 aromatic carbocycles. The lowest BCUT2D eigenvalue weighted by atomic mass is 10.0. The van der Waals surface area contributed by atoms with Gasteiger partial charge in [-0.15, -0.1) is 0 Å². The van der Waals surface area contributed by atoms with E-state index >= 15 is 0 Å². The molecule has 4 aromatic rings. The average Bonchev–Trinajstić information content (AvgIpc) is 3.19. The van der Waals surface area contributed by atoms with Crippen molar-refractivity contribution >= 4 is 45.6 Å². The Balaban J connectivity index is 1.24. The molecule has 2 N–H and O–H groups in total. The normalized spacial score (nSPS) is 16.8. The molecule has 2 aliphatic heterocycles. The summed E-state index contributed by atoms with van der Waals surface area (Å²) in [4.78, 5) is 37.8. The third kappa shape index (κ3) is 4.74. The highest BCUT2D eigenvalue weighted by Crippen LogP contribution is 2.31. The van der Waals surface area contributed by atoms with Crippen molar-refractivity contribution < 1.29 is 9.59 Å². The van der Waals surface area contributed by atoms with Crippen molar-refractivity contribution in [3.8, 4) is 0 Å². The first-order valence-corrected chi connectivity index (χ1v) is 13.0. The fourth-order valence-electron chi connectivity index (χ4n) is 5.38. The monoisotopic (exact) mass is 493 g/mol. The number of likely N-dealkylation sites (N-methyl/N-ethyl adjacent to an activating group) is 1. The molecule has 7 heteroatoms. The minimum atomic E-state index is -0.00161. The predicted molar refractivity (Wildman–Crippen MR) is 147 cm³/mol. The van der Waals surface area contributed by atoms with E-state index in [9.17, 15) is 9.59 Å². The Morgan fingerprint density at radius 2 is 1.92 bits per heavy atom. The summed E-state index contributed by atoms with van der Waals surface area (Å²) in [5.74, 6) is 0.186. The number of piperazine rings is 1. The molecule has 2 aliphatic rings. The van der Waals surface area contributed by atoms with Gasteiger partial charge >= 0.3 is 0 Å². The van der Waals surface area contributed by atoms with Crippen LogP contribution < -0.4 is 5.32 Å². The summed E-state index contributed by atoms with van der Waals surface area (Å²) in [6, 6.07) is 14.3. The lowest BCUT2D eigenvalue weighted by Gasteiger charge is -2.32. The third-order valence-corrected chi connectivity index (χ3v) is 7.50. The molecule has 2 aromatic heterocycles. The molecule has 1 saturated heterocycles. The molecule has 0 unspecified atom stereocenters. The van der Waals surface area contributed by atoms with E-state index in [2.05, 4.69) is 39.4 Å². The average molecular weight is 494 g/mol. The summed E-state index contributed by atoms with van der Waals surface area (Å²) >= 11 is 0. The smallest absolute Gasteiger partial charge is 0.253 e. The van der Waals surface area contributed by atoms with E-state index in [1.165, 1.54) is 0 Å². The van der Waals surface area contributed by atoms with E-state index in [4.69, 9.17) is 0 Å². The van der Waals surface area contributed by atoms with Crippen molar-refractivity contribution in [3.05, 3.63) is 76.7 Å². The largest absolute Gasteiger partial charge is 0.357 e. The van der Waals surface area contributed by atoms with Crippen LogP contribution in [-0.2, 0) is 17.6 Å². The van der Waals surface area contributed by atoms with E-state index in [-0.39, 0.29) is 11.8 Å². The van der Waals surface area contributed by atoms with Gasteiger partial charge in [0.2, 0.25) is 5.91 Å². The molecule has 37 heavy (non-hydrogen) atoms. The van der Waals surface area contributed by atoms with E-state index in [0.717, 1.165) is 88.8 Å². The molecule has 6 rings (SSSR count). The van der Waals surface area contributed by atoms with Gasteiger partial charge in [-0.1, -0.05) is 42.5 Å². The van der Waals surface area contributed by atoms with Crippen LogP contribution in [0.25, 0.3) is 33.8 Å². The number of hydrogen-bond donors (Lipinski definition) is 2. The van der Waals surface area contributed by atoms with Crippen molar-refractivity contribution in [2.75, 3.05) is 39.8 Å². The Bertz CT molecular complexity index is 1530. The minimum absolute atomic E-state index is 0.00161. The zero-order valence-electron chi connectivity index (χ0n) is 21.1. The molecule has 0 atom stereocenters. The quantitative estimate of drug-likeness (QED) is 0.452. The Kier molecular flexibility index (Phi) is 6.22. The fourth-order valence-corrected chi connectivity index (χ4v) is 5.38. The maximum absolute atomic E-state index is 12.8. The molecule has 4 heterocycles. The van der Waals surface area contributed by atoms with Crippen LogP contribution in [0.15, 0.2) is 48.7 Å². The number of aromatic amines is 1. The van der Waals surface area contributed by atoms with Gasteiger partial charge in [0.1, 0.15) is 0 Å². The first-order valence-electron chi connectivity index (χ1n) is 13.0. The van der Waals surface area contributed by atoms with Gasteiger partial charge in [-0.3, -0.25) is 14.6 Å². The van der Waals surface area contributed by atoms with Crippen LogP contribution in [-0.4, -0.2) is 71.4 Å². The number of amides is 2. The highest BCUT2D eigenvalue weighted by Gasteiger charge is 2.22. The topological polar surface area (TPSA) is 81.3 Å². The van der Waals surface area contributed by atoms with Crippen LogP contribution in [0, 0.1) is 0 Å². The summed E-state index contributed by atoms with van der Waals surface area (Å²) < 4.78 is 0.